The molecule has 4 rings (SSSR count). The van der Waals surface area contributed by atoms with Crippen LogP contribution in [-0.2, 0) is 17.6 Å². The summed E-state index contributed by atoms with van der Waals surface area (Å²) in [5.41, 5.74) is 2.70. The maximum absolute atomic E-state index is 12.5. The zero-order valence-electron chi connectivity index (χ0n) is 16.5. The Morgan fingerprint density at radius 2 is 1.93 bits per heavy atom. The van der Waals surface area contributed by atoms with E-state index < -0.39 is 0 Å². The molecule has 2 aliphatic rings. The summed E-state index contributed by atoms with van der Waals surface area (Å²) in [6.07, 6.45) is 4.68. The minimum atomic E-state index is -0.0248. The smallest absolute Gasteiger partial charge is 0.226 e. The second kappa shape index (κ2) is 8.85. The third-order valence-electron chi connectivity index (χ3n) is 5.79. The number of carbonyl (C=O) groups is 1. The maximum atomic E-state index is 12.5. The second-order valence-electron chi connectivity index (χ2n) is 7.64. The first-order valence-electron chi connectivity index (χ1n) is 10.3. The molecule has 1 fully saturated rings. The van der Waals surface area contributed by atoms with E-state index in [0.29, 0.717) is 24.3 Å². The van der Waals surface area contributed by atoms with Crippen molar-refractivity contribution >= 4 is 27.9 Å². The lowest BCUT2D eigenvalue weighted by Gasteiger charge is -2.36. The second-order valence-corrected chi connectivity index (χ2v) is 8.75. The summed E-state index contributed by atoms with van der Waals surface area (Å²) in [6, 6.07) is 9.71. The summed E-state index contributed by atoms with van der Waals surface area (Å²) >= 11 is 1.58. The van der Waals surface area contributed by atoms with Gasteiger partial charge < -0.3 is 15.3 Å². The number of carbonyl (C=O) groups excluding carboxylic acids is 1. The Morgan fingerprint density at radius 3 is 2.69 bits per heavy atom. The molecule has 0 bridgehead atoms. The van der Waals surface area contributed by atoms with Gasteiger partial charge in [0.05, 0.1) is 11.3 Å². The molecule has 0 unspecified atom stereocenters. The van der Waals surface area contributed by atoms with Crippen molar-refractivity contribution in [2.75, 3.05) is 42.9 Å². The molecule has 1 aromatic carbocycles. The molecule has 1 amide bonds. The van der Waals surface area contributed by atoms with E-state index in [1.165, 1.54) is 11.3 Å². The van der Waals surface area contributed by atoms with E-state index in [1.54, 1.807) is 17.4 Å². The fourth-order valence-corrected chi connectivity index (χ4v) is 5.42. The Labute approximate surface area is 175 Å². The van der Waals surface area contributed by atoms with E-state index in [4.69, 9.17) is 0 Å². The van der Waals surface area contributed by atoms with Crippen LogP contribution < -0.4 is 10.2 Å². The number of hydrogen-bond donors (Lipinski definition) is 2. The Kier molecular flexibility index (Phi) is 6.02. The third-order valence-corrected chi connectivity index (χ3v) is 6.99. The van der Waals surface area contributed by atoms with E-state index in [9.17, 15) is 15.2 Å². The van der Waals surface area contributed by atoms with Gasteiger partial charge in [0.1, 0.15) is 16.8 Å². The van der Waals surface area contributed by atoms with Crippen molar-refractivity contribution in [2.24, 2.45) is 0 Å². The standard InChI is InChI=1S/C22H26N4O2S/c23-15-17-16-5-1-4-8-20(16)29-22(17)24-21(28)9-10-25-11-13-26(14-12-25)18-6-2-3-7-19(18)27/h2-3,6-7,27H,1,4-5,8-14H2,(H,24,28). The van der Waals surface area contributed by atoms with Crippen molar-refractivity contribution in [3.05, 3.63) is 40.3 Å². The molecular formula is C22H26N4O2S. The summed E-state index contributed by atoms with van der Waals surface area (Å²) in [5.74, 6) is 0.288. The van der Waals surface area contributed by atoms with Gasteiger partial charge >= 0.3 is 0 Å². The minimum Gasteiger partial charge on any atom is -0.506 e. The molecule has 1 aromatic heterocycles. The van der Waals surface area contributed by atoms with Crippen LogP contribution in [0.4, 0.5) is 10.7 Å². The Hall–Kier alpha value is -2.56. The quantitative estimate of drug-likeness (QED) is 0.790. The number of phenolic OH excluding ortho intramolecular Hbond substituents is 1. The van der Waals surface area contributed by atoms with E-state index in [1.807, 2.05) is 18.2 Å². The first-order valence-corrected chi connectivity index (χ1v) is 11.1. The molecule has 2 N–H and O–H groups in total. The van der Waals surface area contributed by atoms with Gasteiger partial charge in [0, 0.05) is 44.0 Å². The lowest BCUT2D eigenvalue weighted by atomic mass is 9.96. The van der Waals surface area contributed by atoms with Crippen LogP contribution in [0.25, 0.3) is 0 Å². The Balaban J connectivity index is 1.28. The molecule has 7 heteroatoms. The van der Waals surface area contributed by atoms with Crippen LogP contribution in [0.2, 0.25) is 0 Å². The van der Waals surface area contributed by atoms with Gasteiger partial charge in [0.15, 0.2) is 0 Å². The zero-order valence-corrected chi connectivity index (χ0v) is 17.3. The minimum absolute atomic E-state index is 0.0248. The van der Waals surface area contributed by atoms with Crippen molar-refractivity contribution in [3.8, 4) is 11.8 Å². The molecule has 1 aliphatic heterocycles. The van der Waals surface area contributed by atoms with Crippen LogP contribution in [0.15, 0.2) is 24.3 Å². The van der Waals surface area contributed by atoms with Crippen LogP contribution in [0.3, 0.4) is 0 Å². The summed E-state index contributed by atoms with van der Waals surface area (Å²) in [7, 11) is 0. The first-order chi connectivity index (χ1) is 14.2. The number of nitrogens with zero attached hydrogens (tertiary/aromatic N) is 3. The highest BCUT2D eigenvalue weighted by Crippen LogP contribution is 2.37. The van der Waals surface area contributed by atoms with Gasteiger partial charge in [-0.2, -0.15) is 5.26 Å². The normalized spacial score (nSPS) is 16.9. The highest BCUT2D eigenvalue weighted by atomic mass is 32.1. The molecule has 1 saturated heterocycles. The number of thiophene rings is 1. The molecule has 6 nitrogen and oxygen atoms in total. The zero-order chi connectivity index (χ0) is 20.2. The molecule has 0 radical (unpaired) electrons. The van der Waals surface area contributed by atoms with Gasteiger partial charge in [-0.3, -0.25) is 9.69 Å². The molecule has 0 saturated carbocycles. The number of aryl methyl sites for hydroxylation is 1. The average Bonchev–Trinajstić information content (AvgIpc) is 3.10. The van der Waals surface area contributed by atoms with Crippen molar-refractivity contribution in [2.45, 2.75) is 32.1 Å². The molecule has 2 heterocycles. The number of amides is 1. The van der Waals surface area contributed by atoms with E-state index in [2.05, 4.69) is 21.2 Å². The number of piperazine rings is 1. The van der Waals surface area contributed by atoms with Gasteiger partial charge in [-0.15, -0.1) is 11.3 Å². The largest absolute Gasteiger partial charge is 0.506 e. The highest BCUT2D eigenvalue weighted by molar-refractivity contribution is 7.16. The van der Waals surface area contributed by atoms with Crippen molar-refractivity contribution in [1.82, 2.24) is 4.90 Å². The fourth-order valence-electron chi connectivity index (χ4n) is 4.16. The number of para-hydroxylation sites is 2. The van der Waals surface area contributed by atoms with Crippen LogP contribution in [-0.4, -0.2) is 48.6 Å². The third kappa shape index (κ3) is 4.39. The topological polar surface area (TPSA) is 79.6 Å². The number of hydrogen-bond acceptors (Lipinski definition) is 6. The van der Waals surface area contributed by atoms with E-state index in [-0.39, 0.29) is 5.91 Å². The monoisotopic (exact) mass is 410 g/mol. The maximum Gasteiger partial charge on any atom is 0.226 e. The Morgan fingerprint density at radius 1 is 1.17 bits per heavy atom. The number of nitriles is 1. The SMILES string of the molecule is N#Cc1c(NC(=O)CCN2CCN(c3ccccc3O)CC2)sc2c1CCCC2. The van der Waals surface area contributed by atoms with Crippen molar-refractivity contribution in [3.63, 3.8) is 0 Å². The number of phenols is 1. The summed E-state index contributed by atoms with van der Waals surface area (Å²) in [4.78, 5) is 18.2. The molecule has 0 spiro atoms. The number of rotatable bonds is 5. The summed E-state index contributed by atoms with van der Waals surface area (Å²) in [6.45, 7) is 4.08. The number of anilines is 2. The van der Waals surface area contributed by atoms with Crippen molar-refractivity contribution in [1.29, 1.82) is 5.26 Å². The number of aromatic hydroxyl groups is 1. The molecule has 29 heavy (non-hydrogen) atoms. The molecule has 2 aromatic rings. The number of benzene rings is 1. The number of nitrogens with one attached hydrogen (secondary N) is 1. The number of fused-ring (bicyclic) bond motifs is 1. The van der Waals surface area contributed by atoms with Gasteiger partial charge in [-0.25, -0.2) is 0 Å². The lowest BCUT2D eigenvalue weighted by molar-refractivity contribution is -0.116. The van der Waals surface area contributed by atoms with Crippen LogP contribution >= 0.6 is 11.3 Å². The predicted molar refractivity (Wildman–Crippen MR) is 116 cm³/mol. The average molecular weight is 411 g/mol. The summed E-state index contributed by atoms with van der Waals surface area (Å²) < 4.78 is 0. The van der Waals surface area contributed by atoms with Crippen LogP contribution in [0.1, 0.15) is 35.3 Å². The highest BCUT2D eigenvalue weighted by Gasteiger charge is 2.23. The van der Waals surface area contributed by atoms with E-state index in [0.717, 1.165) is 61.7 Å². The van der Waals surface area contributed by atoms with Gasteiger partial charge in [-0.05, 0) is 43.4 Å². The lowest BCUT2D eigenvalue weighted by Crippen LogP contribution is -2.47. The molecular weight excluding hydrogens is 384 g/mol. The van der Waals surface area contributed by atoms with E-state index >= 15 is 0 Å². The summed E-state index contributed by atoms with van der Waals surface area (Å²) in [5, 5.41) is 23.3. The van der Waals surface area contributed by atoms with Gasteiger partial charge in [0.25, 0.3) is 0 Å². The predicted octanol–water partition coefficient (Wildman–Crippen LogP) is 3.35. The molecule has 1 aliphatic carbocycles. The van der Waals surface area contributed by atoms with Crippen LogP contribution in [0.5, 0.6) is 5.75 Å². The Bertz CT molecular complexity index is 925. The molecule has 152 valence electrons. The van der Waals surface area contributed by atoms with Crippen molar-refractivity contribution < 1.29 is 9.90 Å². The van der Waals surface area contributed by atoms with Gasteiger partial charge in [-0.1, -0.05) is 12.1 Å². The fraction of sp³-hybridized carbons (Fsp3) is 0.455. The molecule has 0 atom stereocenters. The van der Waals surface area contributed by atoms with Gasteiger partial charge in [0.2, 0.25) is 5.91 Å². The first kappa shape index (κ1) is 19.7. The van der Waals surface area contributed by atoms with Crippen LogP contribution in [0, 0.1) is 11.3 Å².